The van der Waals surface area contributed by atoms with Crippen LogP contribution in [-0.4, -0.2) is 37.2 Å². The number of carbonyl (C=O) groups is 3. The first-order valence-corrected chi connectivity index (χ1v) is 24.4. The van der Waals surface area contributed by atoms with Crippen LogP contribution in [0, 0.1) is 5.92 Å². The molecular weight excluding hydrogens is 685 g/mol. The summed E-state index contributed by atoms with van der Waals surface area (Å²) in [7, 11) is 0. The third-order valence-electron chi connectivity index (χ3n) is 11.0. The van der Waals surface area contributed by atoms with Gasteiger partial charge in [0.2, 0.25) is 0 Å². The van der Waals surface area contributed by atoms with E-state index in [0.717, 1.165) is 63.7 Å². The van der Waals surface area contributed by atoms with Crippen molar-refractivity contribution in [2.24, 2.45) is 5.92 Å². The van der Waals surface area contributed by atoms with Gasteiger partial charge in [-0.25, -0.2) is 0 Å². The molecule has 0 fully saturated rings. The van der Waals surface area contributed by atoms with Crippen molar-refractivity contribution in [2.75, 3.05) is 13.2 Å². The second-order valence-corrected chi connectivity index (χ2v) is 17.2. The first kappa shape index (κ1) is 53.4. The van der Waals surface area contributed by atoms with E-state index in [9.17, 15) is 14.4 Å². The summed E-state index contributed by atoms with van der Waals surface area (Å²) in [5, 5.41) is 0. The quantitative estimate of drug-likeness (QED) is 0.0348. The third kappa shape index (κ3) is 43.4. The number of rotatable bonds is 44. The minimum Gasteiger partial charge on any atom is -0.462 e. The molecule has 326 valence electrons. The predicted octanol–water partition coefficient (Wildman–Crippen LogP) is 15.5. The Balaban J connectivity index is 4.31. The summed E-state index contributed by atoms with van der Waals surface area (Å²) in [6.07, 6.45) is 43.7. The van der Waals surface area contributed by atoms with Gasteiger partial charge in [0, 0.05) is 19.3 Å². The monoisotopic (exact) mass is 779 g/mol. The Morgan fingerprint density at radius 1 is 0.345 bits per heavy atom. The van der Waals surface area contributed by atoms with Crippen LogP contribution in [0.25, 0.3) is 0 Å². The van der Waals surface area contributed by atoms with Gasteiger partial charge in [0.05, 0.1) is 0 Å². The Kier molecular flexibility index (Phi) is 42.3. The maximum absolute atomic E-state index is 12.7. The van der Waals surface area contributed by atoms with Crippen molar-refractivity contribution in [3.63, 3.8) is 0 Å². The zero-order valence-corrected chi connectivity index (χ0v) is 37.4. The summed E-state index contributed by atoms with van der Waals surface area (Å²) >= 11 is 0. The fourth-order valence-corrected chi connectivity index (χ4v) is 7.33. The van der Waals surface area contributed by atoms with Crippen molar-refractivity contribution < 1.29 is 28.6 Å². The predicted molar refractivity (Wildman–Crippen MR) is 233 cm³/mol. The fraction of sp³-hybridized carbons (Fsp3) is 0.939. The average Bonchev–Trinajstić information content (AvgIpc) is 3.17. The maximum atomic E-state index is 12.7. The number of ether oxygens (including phenoxy) is 3. The standard InChI is InChI=1S/C49H94O6/c1-5-7-9-11-13-15-17-18-19-20-26-30-34-38-42-49(52)55-46(43-53-47(50)40-36-32-28-24-16-14-12-10-8-6-2)44-54-48(51)41-37-33-29-25-22-21-23-27-31-35-39-45(3)4/h45-46H,5-44H2,1-4H3/t46-/m1/s1. The van der Waals surface area contributed by atoms with Crippen LogP contribution in [0.2, 0.25) is 0 Å². The number of hydrogen-bond donors (Lipinski definition) is 0. The van der Waals surface area contributed by atoms with Crippen LogP contribution in [-0.2, 0) is 28.6 Å². The van der Waals surface area contributed by atoms with Crippen LogP contribution in [0.15, 0.2) is 0 Å². The second-order valence-electron chi connectivity index (χ2n) is 17.2. The van der Waals surface area contributed by atoms with E-state index in [1.54, 1.807) is 0 Å². The second kappa shape index (κ2) is 43.5. The summed E-state index contributed by atoms with van der Waals surface area (Å²) in [6, 6.07) is 0. The molecule has 6 heteroatoms. The lowest BCUT2D eigenvalue weighted by molar-refractivity contribution is -0.167. The lowest BCUT2D eigenvalue weighted by Crippen LogP contribution is -2.30. The van der Waals surface area contributed by atoms with Gasteiger partial charge in [-0.1, -0.05) is 233 Å². The summed E-state index contributed by atoms with van der Waals surface area (Å²) < 4.78 is 16.7. The van der Waals surface area contributed by atoms with E-state index < -0.39 is 6.10 Å². The molecule has 0 saturated heterocycles. The minimum absolute atomic E-state index is 0.0634. The van der Waals surface area contributed by atoms with Gasteiger partial charge in [-0.2, -0.15) is 0 Å². The average molecular weight is 779 g/mol. The van der Waals surface area contributed by atoms with Crippen molar-refractivity contribution in [3.8, 4) is 0 Å². The topological polar surface area (TPSA) is 78.9 Å². The van der Waals surface area contributed by atoms with Crippen molar-refractivity contribution in [3.05, 3.63) is 0 Å². The fourth-order valence-electron chi connectivity index (χ4n) is 7.33. The zero-order valence-electron chi connectivity index (χ0n) is 37.4. The molecule has 1 atom stereocenters. The highest BCUT2D eigenvalue weighted by Crippen LogP contribution is 2.16. The van der Waals surface area contributed by atoms with Crippen LogP contribution in [0.1, 0.15) is 272 Å². The summed E-state index contributed by atoms with van der Waals surface area (Å²) in [5.74, 6) is -0.0316. The highest BCUT2D eigenvalue weighted by molar-refractivity contribution is 5.71. The number of carbonyl (C=O) groups excluding carboxylic acids is 3. The van der Waals surface area contributed by atoms with Crippen molar-refractivity contribution in [2.45, 2.75) is 278 Å². The molecule has 0 aromatic carbocycles. The number of esters is 3. The van der Waals surface area contributed by atoms with Crippen LogP contribution < -0.4 is 0 Å². The maximum Gasteiger partial charge on any atom is 0.306 e. The molecule has 0 rings (SSSR count). The first-order valence-electron chi connectivity index (χ1n) is 24.4. The molecule has 0 aliphatic heterocycles. The molecule has 0 N–H and O–H groups in total. The Bertz CT molecular complexity index is 826. The summed E-state index contributed by atoms with van der Waals surface area (Å²) in [4.78, 5) is 37.8. The Morgan fingerprint density at radius 3 is 0.891 bits per heavy atom. The molecule has 0 amide bonds. The molecule has 6 nitrogen and oxygen atoms in total. The van der Waals surface area contributed by atoms with E-state index in [2.05, 4.69) is 27.7 Å². The largest absolute Gasteiger partial charge is 0.462 e. The van der Waals surface area contributed by atoms with Gasteiger partial charge >= 0.3 is 17.9 Å². The molecule has 0 aliphatic rings. The van der Waals surface area contributed by atoms with E-state index in [-0.39, 0.29) is 31.1 Å². The molecule has 0 aromatic heterocycles. The third-order valence-corrected chi connectivity index (χ3v) is 11.0. The summed E-state index contributed by atoms with van der Waals surface area (Å²) in [6.45, 7) is 8.99. The Morgan fingerprint density at radius 2 is 0.600 bits per heavy atom. The number of unbranched alkanes of at least 4 members (excludes halogenated alkanes) is 31. The molecule has 0 heterocycles. The van der Waals surface area contributed by atoms with Crippen LogP contribution in [0.5, 0.6) is 0 Å². The molecule has 0 saturated carbocycles. The van der Waals surface area contributed by atoms with Gasteiger partial charge in [0.15, 0.2) is 6.10 Å². The van der Waals surface area contributed by atoms with Crippen molar-refractivity contribution >= 4 is 17.9 Å². The van der Waals surface area contributed by atoms with Crippen molar-refractivity contribution in [1.29, 1.82) is 0 Å². The lowest BCUT2D eigenvalue weighted by Gasteiger charge is -2.18. The van der Waals surface area contributed by atoms with Crippen LogP contribution in [0.3, 0.4) is 0 Å². The molecule has 0 aromatic rings. The van der Waals surface area contributed by atoms with E-state index in [1.165, 1.54) is 167 Å². The molecule has 0 radical (unpaired) electrons. The highest BCUT2D eigenvalue weighted by Gasteiger charge is 2.19. The Labute approximate surface area is 342 Å². The SMILES string of the molecule is CCCCCCCCCCCCCCCCC(=O)O[C@H](COC(=O)CCCCCCCCCCCC)COC(=O)CCCCCCCCCCCCC(C)C. The molecule has 55 heavy (non-hydrogen) atoms. The van der Waals surface area contributed by atoms with Gasteiger partial charge in [-0.15, -0.1) is 0 Å². The van der Waals surface area contributed by atoms with Crippen LogP contribution in [0.4, 0.5) is 0 Å². The molecule has 0 aliphatic carbocycles. The normalized spacial score (nSPS) is 11.9. The van der Waals surface area contributed by atoms with Gasteiger partial charge in [-0.3, -0.25) is 14.4 Å². The summed E-state index contributed by atoms with van der Waals surface area (Å²) in [5.41, 5.74) is 0. The minimum atomic E-state index is -0.759. The van der Waals surface area contributed by atoms with Gasteiger partial charge in [0.25, 0.3) is 0 Å². The molecule has 0 spiro atoms. The van der Waals surface area contributed by atoms with E-state index in [1.807, 2.05) is 0 Å². The van der Waals surface area contributed by atoms with Crippen molar-refractivity contribution in [1.82, 2.24) is 0 Å². The smallest absolute Gasteiger partial charge is 0.306 e. The highest BCUT2D eigenvalue weighted by atomic mass is 16.6. The molecule has 0 bridgehead atoms. The van der Waals surface area contributed by atoms with E-state index in [0.29, 0.717) is 19.3 Å². The zero-order chi connectivity index (χ0) is 40.3. The van der Waals surface area contributed by atoms with Gasteiger partial charge in [-0.05, 0) is 25.2 Å². The van der Waals surface area contributed by atoms with Gasteiger partial charge < -0.3 is 14.2 Å². The molecule has 0 unspecified atom stereocenters. The Hall–Kier alpha value is -1.59. The van der Waals surface area contributed by atoms with E-state index in [4.69, 9.17) is 14.2 Å². The number of hydrogen-bond acceptors (Lipinski definition) is 6. The first-order chi connectivity index (χ1) is 26.9. The lowest BCUT2D eigenvalue weighted by atomic mass is 10.0. The van der Waals surface area contributed by atoms with Crippen LogP contribution >= 0.6 is 0 Å². The van der Waals surface area contributed by atoms with Gasteiger partial charge in [0.1, 0.15) is 13.2 Å². The van der Waals surface area contributed by atoms with E-state index >= 15 is 0 Å². The molecular formula is C49H94O6.